The van der Waals surface area contributed by atoms with E-state index in [0.29, 0.717) is 37.9 Å². The topological polar surface area (TPSA) is 131 Å². The van der Waals surface area contributed by atoms with Crippen molar-refractivity contribution in [1.82, 2.24) is 15.0 Å². The van der Waals surface area contributed by atoms with E-state index in [1.807, 2.05) is 47.4 Å². The fraction of sp³-hybridized carbons (Fsp3) is 0.182. The lowest BCUT2D eigenvalue weighted by molar-refractivity contribution is -0.384. The molecule has 0 amide bonds. The largest absolute Gasteiger partial charge is 0.378 e. The number of anilines is 4. The number of nitro groups is 1. The van der Waals surface area contributed by atoms with Gasteiger partial charge in [-0.25, -0.2) is 5.43 Å². The standard InChI is InChI=1S/C22H22N8O3/c31-30(32)19-10-8-18(9-11-19)24-20-25-21(27-22(26-20)29-13-15-33-16-14-29)28-23-12-4-7-17-5-2-1-3-6-17/h1-12H,13-16H2,(H2,24,25,26,27,28)/b7-4+,23-12+. The number of allylic oxidation sites excluding steroid dienone is 1. The number of hydrazone groups is 1. The maximum atomic E-state index is 10.9. The van der Waals surface area contributed by atoms with Crippen LogP contribution in [0.1, 0.15) is 5.56 Å². The first-order valence-electron chi connectivity index (χ1n) is 10.3. The Kier molecular flexibility index (Phi) is 7.13. The van der Waals surface area contributed by atoms with Gasteiger partial charge in [-0.05, 0) is 23.8 Å². The van der Waals surface area contributed by atoms with E-state index in [1.54, 1.807) is 18.3 Å². The molecule has 0 bridgehead atoms. The minimum absolute atomic E-state index is 0.00505. The summed E-state index contributed by atoms with van der Waals surface area (Å²) in [4.78, 5) is 25.7. The summed E-state index contributed by atoms with van der Waals surface area (Å²) < 4.78 is 5.41. The Bertz CT molecular complexity index is 1130. The highest BCUT2D eigenvalue weighted by molar-refractivity contribution is 5.78. The van der Waals surface area contributed by atoms with Crippen molar-refractivity contribution in [1.29, 1.82) is 0 Å². The number of benzene rings is 2. The Hall–Kier alpha value is -4.38. The van der Waals surface area contributed by atoms with E-state index in [4.69, 9.17) is 4.74 Å². The molecule has 1 aliphatic heterocycles. The lowest BCUT2D eigenvalue weighted by Crippen LogP contribution is -2.37. The van der Waals surface area contributed by atoms with Crippen LogP contribution >= 0.6 is 0 Å². The van der Waals surface area contributed by atoms with Gasteiger partial charge >= 0.3 is 0 Å². The van der Waals surface area contributed by atoms with Crippen LogP contribution in [0.5, 0.6) is 0 Å². The summed E-state index contributed by atoms with van der Waals surface area (Å²) in [6.45, 7) is 2.48. The molecule has 1 aliphatic rings. The van der Waals surface area contributed by atoms with Gasteiger partial charge in [-0.3, -0.25) is 10.1 Å². The molecule has 33 heavy (non-hydrogen) atoms. The van der Waals surface area contributed by atoms with Gasteiger partial charge in [0.25, 0.3) is 5.69 Å². The van der Waals surface area contributed by atoms with Gasteiger partial charge in [0.15, 0.2) is 0 Å². The molecule has 0 radical (unpaired) electrons. The predicted octanol–water partition coefficient (Wildman–Crippen LogP) is 3.47. The highest BCUT2D eigenvalue weighted by Gasteiger charge is 2.17. The molecule has 1 fully saturated rings. The molecule has 4 rings (SSSR count). The van der Waals surface area contributed by atoms with E-state index in [9.17, 15) is 10.1 Å². The van der Waals surface area contributed by atoms with E-state index in [1.165, 1.54) is 12.1 Å². The SMILES string of the molecule is O=[N+]([O-])c1ccc(Nc2nc(N/N=C/C=C/c3ccccc3)nc(N3CCOCC3)n2)cc1. The Balaban J connectivity index is 1.50. The van der Waals surface area contributed by atoms with Crippen molar-refractivity contribution in [2.24, 2.45) is 5.10 Å². The molecule has 2 heterocycles. The number of nitrogens with one attached hydrogen (secondary N) is 2. The van der Waals surface area contributed by atoms with Crippen LogP contribution < -0.4 is 15.6 Å². The van der Waals surface area contributed by atoms with Crippen LogP contribution in [0.2, 0.25) is 0 Å². The summed E-state index contributed by atoms with van der Waals surface area (Å²) >= 11 is 0. The highest BCUT2D eigenvalue weighted by Crippen LogP contribution is 2.21. The number of ether oxygens (including phenoxy) is 1. The van der Waals surface area contributed by atoms with Gasteiger partial charge in [-0.15, -0.1) is 0 Å². The number of non-ortho nitro benzene ring substituents is 1. The van der Waals surface area contributed by atoms with Gasteiger partial charge in [-0.2, -0.15) is 20.1 Å². The molecular formula is C22H22N8O3. The zero-order chi connectivity index (χ0) is 22.9. The highest BCUT2D eigenvalue weighted by atomic mass is 16.6. The number of nitrogens with zero attached hydrogens (tertiary/aromatic N) is 6. The average molecular weight is 446 g/mol. The first-order chi connectivity index (χ1) is 16.2. The van der Waals surface area contributed by atoms with Crippen molar-refractivity contribution < 1.29 is 9.66 Å². The number of aromatic nitrogens is 3. The Labute approximate surface area is 190 Å². The number of hydrogen-bond acceptors (Lipinski definition) is 10. The summed E-state index contributed by atoms with van der Waals surface area (Å²) in [5, 5.41) is 18.1. The van der Waals surface area contributed by atoms with Gasteiger partial charge in [0.1, 0.15) is 0 Å². The summed E-state index contributed by atoms with van der Waals surface area (Å²) in [5.74, 6) is 1.04. The van der Waals surface area contributed by atoms with Gasteiger partial charge in [0, 0.05) is 37.1 Å². The molecule has 1 aromatic heterocycles. The lowest BCUT2D eigenvalue weighted by atomic mass is 10.2. The normalized spacial score (nSPS) is 14.0. The Morgan fingerprint density at radius 1 is 1.00 bits per heavy atom. The fourth-order valence-electron chi connectivity index (χ4n) is 3.03. The Morgan fingerprint density at radius 2 is 1.73 bits per heavy atom. The minimum atomic E-state index is -0.449. The maximum absolute atomic E-state index is 10.9. The van der Waals surface area contributed by atoms with E-state index < -0.39 is 4.92 Å². The predicted molar refractivity (Wildman–Crippen MR) is 127 cm³/mol. The van der Waals surface area contributed by atoms with Crippen molar-refractivity contribution in [3.63, 3.8) is 0 Å². The van der Waals surface area contributed by atoms with Gasteiger partial charge in [-0.1, -0.05) is 36.4 Å². The molecule has 11 heteroatoms. The molecule has 0 atom stereocenters. The summed E-state index contributed by atoms with van der Waals surface area (Å²) in [5.41, 5.74) is 4.51. The summed E-state index contributed by atoms with van der Waals surface area (Å²) in [6, 6.07) is 15.9. The molecule has 1 saturated heterocycles. The van der Waals surface area contributed by atoms with Crippen molar-refractivity contribution in [2.45, 2.75) is 0 Å². The fourth-order valence-corrected chi connectivity index (χ4v) is 3.03. The van der Waals surface area contributed by atoms with E-state index in [-0.39, 0.29) is 17.6 Å². The molecule has 0 aliphatic carbocycles. The molecule has 11 nitrogen and oxygen atoms in total. The second kappa shape index (κ2) is 10.8. The second-order valence-electron chi connectivity index (χ2n) is 6.97. The number of rotatable bonds is 8. The van der Waals surface area contributed by atoms with Crippen molar-refractivity contribution in [3.05, 3.63) is 76.4 Å². The van der Waals surface area contributed by atoms with Crippen molar-refractivity contribution in [2.75, 3.05) is 41.9 Å². The van der Waals surface area contributed by atoms with E-state index in [2.05, 4.69) is 30.8 Å². The van der Waals surface area contributed by atoms with Crippen LogP contribution in [0.15, 0.2) is 65.8 Å². The van der Waals surface area contributed by atoms with Crippen molar-refractivity contribution >= 4 is 41.5 Å². The second-order valence-corrected chi connectivity index (χ2v) is 6.97. The third-order valence-corrected chi connectivity index (χ3v) is 4.67. The lowest BCUT2D eigenvalue weighted by Gasteiger charge is -2.27. The molecule has 3 aromatic rings. The van der Waals surface area contributed by atoms with Gasteiger partial charge in [0.05, 0.1) is 18.1 Å². The number of morpholine rings is 1. The average Bonchev–Trinajstić information content (AvgIpc) is 2.85. The smallest absolute Gasteiger partial charge is 0.269 e. The van der Waals surface area contributed by atoms with Gasteiger partial charge in [0.2, 0.25) is 17.8 Å². The van der Waals surface area contributed by atoms with E-state index >= 15 is 0 Å². The third kappa shape index (κ3) is 6.31. The molecule has 0 unspecified atom stereocenters. The molecule has 2 N–H and O–H groups in total. The van der Waals surface area contributed by atoms with Crippen LogP contribution in [0.25, 0.3) is 6.08 Å². The van der Waals surface area contributed by atoms with Crippen molar-refractivity contribution in [3.8, 4) is 0 Å². The monoisotopic (exact) mass is 446 g/mol. The molecule has 2 aromatic carbocycles. The molecule has 0 spiro atoms. The quantitative estimate of drug-likeness (QED) is 0.303. The molecule has 168 valence electrons. The van der Waals surface area contributed by atoms with Crippen LogP contribution in [0.4, 0.5) is 29.2 Å². The summed E-state index contributed by atoms with van der Waals surface area (Å²) in [6.07, 6.45) is 5.34. The number of nitro benzene ring substituents is 1. The van der Waals surface area contributed by atoms with Crippen LogP contribution in [-0.2, 0) is 4.74 Å². The molecular weight excluding hydrogens is 424 g/mol. The molecule has 0 saturated carbocycles. The first-order valence-corrected chi connectivity index (χ1v) is 10.3. The Morgan fingerprint density at radius 3 is 2.45 bits per heavy atom. The maximum Gasteiger partial charge on any atom is 0.269 e. The van der Waals surface area contributed by atoms with Crippen LogP contribution in [0.3, 0.4) is 0 Å². The van der Waals surface area contributed by atoms with Gasteiger partial charge < -0.3 is 15.0 Å². The zero-order valence-corrected chi connectivity index (χ0v) is 17.7. The zero-order valence-electron chi connectivity index (χ0n) is 17.7. The number of hydrogen-bond donors (Lipinski definition) is 2. The third-order valence-electron chi connectivity index (χ3n) is 4.67. The van der Waals surface area contributed by atoms with Crippen LogP contribution in [0, 0.1) is 10.1 Å². The van der Waals surface area contributed by atoms with Crippen LogP contribution in [-0.4, -0.2) is 52.4 Å². The minimum Gasteiger partial charge on any atom is -0.378 e. The van der Waals surface area contributed by atoms with E-state index in [0.717, 1.165) is 5.56 Å². The first kappa shape index (κ1) is 21.8. The summed E-state index contributed by atoms with van der Waals surface area (Å²) in [7, 11) is 0.